The number of hydrogen-bond donors (Lipinski definition) is 2. The standard InChI is InChI=1S/C4H11NO2/c1-2-5(7)3-4-6/h5-6H,2-4H2,1H3. The first-order valence-corrected chi connectivity index (χ1v) is 2.43. The molecule has 7 heavy (non-hydrogen) atoms. The van der Waals surface area contributed by atoms with Crippen LogP contribution in [0.4, 0.5) is 0 Å². The summed E-state index contributed by atoms with van der Waals surface area (Å²) < 4.78 is 0. The van der Waals surface area contributed by atoms with Crippen LogP contribution in [0.25, 0.3) is 0 Å². The molecule has 0 aliphatic heterocycles. The summed E-state index contributed by atoms with van der Waals surface area (Å²) in [4.78, 5) is 0. The van der Waals surface area contributed by atoms with Crippen molar-refractivity contribution in [1.82, 2.24) is 0 Å². The van der Waals surface area contributed by atoms with Crippen LogP contribution in [0.2, 0.25) is 0 Å². The fraction of sp³-hybridized carbons (Fsp3) is 1.00. The molecule has 0 aromatic heterocycles. The van der Waals surface area contributed by atoms with E-state index in [1.54, 1.807) is 6.92 Å². The van der Waals surface area contributed by atoms with E-state index in [9.17, 15) is 5.21 Å². The van der Waals surface area contributed by atoms with Crippen molar-refractivity contribution < 1.29 is 10.2 Å². The Kier molecular flexibility index (Phi) is 3.98. The lowest BCUT2D eigenvalue weighted by Gasteiger charge is -2.17. The predicted octanol–water partition coefficient (Wildman–Crippen LogP) is -1.62. The zero-order chi connectivity index (χ0) is 5.70. The topological polar surface area (TPSA) is 47.7 Å². The van der Waals surface area contributed by atoms with E-state index >= 15 is 0 Å². The van der Waals surface area contributed by atoms with Gasteiger partial charge < -0.3 is 15.4 Å². The second-order valence-electron chi connectivity index (χ2n) is 1.37. The molecule has 0 spiro atoms. The van der Waals surface area contributed by atoms with E-state index in [1.807, 2.05) is 0 Å². The van der Waals surface area contributed by atoms with Gasteiger partial charge in [-0.1, -0.05) is 0 Å². The van der Waals surface area contributed by atoms with E-state index in [2.05, 4.69) is 0 Å². The van der Waals surface area contributed by atoms with Gasteiger partial charge in [0.15, 0.2) is 0 Å². The molecule has 1 atom stereocenters. The van der Waals surface area contributed by atoms with Crippen LogP contribution >= 0.6 is 0 Å². The molecule has 0 saturated heterocycles. The first-order valence-electron chi connectivity index (χ1n) is 2.43. The summed E-state index contributed by atoms with van der Waals surface area (Å²) in [5, 5.41) is 18.5. The second-order valence-corrected chi connectivity index (χ2v) is 1.37. The molecular weight excluding hydrogens is 94.0 g/mol. The van der Waals surface area contributed by atoms with Crippen molar-refractivity contribution >= 4 is 0 Å². The Balaban J connectivity index is 2.83. The van der Waals surface area contributed by atoms with E-state index in [4.69, 9.17) is 5.11 Å². The van der Waals surface area contributed by atoms with E-state index in [-0.39, 0.29) is 11.7 Å². The van der Waals surface area contributed by atoms with E-state index in [0.29, 0.717) is 13.1 Å². The summed E-state index contributed by atoms with van der Waals surface area (Å²) in [5.41, 5.74) is 0. The minimum Gasteiger partial charge on any atom is -0.634 e. The third-order valence-corrected chi connectivity index (χ3v) is 0.785. The quantitative estimate of drug-likeness (QED) is 0.424. The molecule has 0 amide bonds. The number of rotatable bonds is 3. The molecule has 0 fully saturated rings. The third kappa shape index (κ3) is 3.72. The number of quaternary nitrogens is 1. The molecule has 3 nitrogen and oxygen atoms in total. The highest BCUT2D eigenvalue weighted by Gasteiger charge is 1.85. The Hall–Kier alpha value is -0.120. The highest BCUT2D eigenvalue weighted by molar-refractivity contribution is 4.19. The minimum absolute atomic E-state index is 0.00727. The second kappa shape index (κ2) is 4.05. The average Bonchev–Trinajstić information content (AvgIpc) is 1.68. The van der Waals surface area contributed by atoms with Crippen molar-refractivity contribution in [2.45, 2.75) is 6.92 Å². The number of likely N-dealkylation sites (N-methyl/N-ethyl adjacent to an activating group) is 1. The van der Waals surface area contributed by atoms with E-state index in [1.165, 1.54) is 0 Å². The van der Waals surface area contributed by atoms with Gasteiger partial charge in [-0.15, -0.1) is 0 Å². The maximum absolute atomic E-state index is 10.3. The molecular formula is C4H11NO2. The summed E-state index contributed by atoms with van der Waals surface area (Å²) >= 11 is 0. The fourth-order valence-electron chi connectivity index (χ4n) is 0.301. The van der Waals surface area contributed by atoms with Crippen LogP contribution in [0.5, 0.6) is 0 Å². The third-order valence-electron chi connectivity index (χ3n) is 0.785. The van der Waals surface area contributed by atoms with Crippen LogP contribution in [0.1, 0.15) is 6.92 Å². The molecule has 0 bridgehead atoms. The van der Waals surface area contributed by atoms with Gasteiger partial charge >= 0.3 is 0 Å². The van der Waals surface area contributed by atoms with Gasteiger partial charge in [0, 0.05) is 0 Å². The molecule has 3 heteroatoms. The SMILES string of the molecule is CC[NH+]([O-])CCO. The van der Waals surface area contributed by atoms with Gasteiger partial charge in [0.1, 0.15) is 6.54 Å². The minimum atomic E-state index is -0.00727. The summed E-state index contributed by atoms with van der Waals surface area (Å²) in [5.74, 6) is 0. The van der Waals surface area contributed by atoms with Crippen LogP contribution in [0.15, 0.2) is 0 Å². The molecule has 0 aromatic rings. The molecule has 1 unspecified atom stereocenters. The predicted molar refractivity (Wildman–Crippen MR) is 26.8 cm³/mol. The summed E-state index contributed by atoms with van der Waals surface area (Å²) in [7, 11) is 0. The average molecular weight is 105 g/mol. The van der Waals surface area contributed by atoms with Crippen LogP contribution in [0, 0.1) is 5.21 Å². The molecule has 0 aliphatic rings. The normalized spacial score (nSPS) is 14.1. The Bertz CT molecular complexity index is 40.7. The summed E-state index contributed by atoms with van der Waals surface area (Å²) in [6.07, 6.45) is 0. The molecule has 44 valence electrons. The highest BCUT2D eigenvalue weighted by atomic mass is 16.5. The van der Waals surface area contributed by atoms with Crippen LogP contribution in [-0.4, -0.2) is 24.8 Å². The number of aliphatic hydroxyl groups is 1. The zero-order valence-corrected chi connectivity index (χ0v) is 4.48. The Morgan fingerprint density at radius 1 is 1.71 bits per heavy atom. The van der Waals surface area contributed by atoms with E-state index in [0.717, 1.165) is 0 Å². The number of hydrogen-bond acceptors (Lipinski definition) is 2. The van der Waals surface area contributed by atoms with Gasteiger partial charge in [0.05, 0.1) is 13.2 Å². The first kappa shape index (κ1) is 6.88. The molecule has 0 radical (unpaired) electrons. The number of nitrogens with one attached hydrogen (secondary N) is 1. The first-order chi connectivity index (χ1) is 3.31. The highest BCUT2D eigenvalue weighted by Crippen LogP contribution is 1.43. The molecule has 2 N–H and O–H groups in total. The lowest BCUT2D eigenvalue weighted by Crippen LogP contribution is -3.07. The van der Waals surface area contributed by atoms with E-state index < -0.39 is 0 Å². The lowest BCUT2D eigenvalue weighted by atomic mass is 10.6. The van der Waals surface area contributed by atoms with Gasteiger partial charge in [-0.05, 0) is 6.92 Å². The molecule has 0 heterocycles. The van der Waals surface area contributed by atoms with Crippen molar-refractivity contribution in [3.63, 3.8) is 0 Å². The van der Waals surface area contributed by atoms with Crippen molar-refractivity contribution in [3.8, 4) is 0 Å². The van der Waals surface area contributed by atoms with Crippen molar-refractivity contribution in [1.29, 1.82) is 0 Å². The molecule has 0 rings (SSSR count). The lowest BCUT2D eigenvalue weighted by molar-refractivity contribution is -0.846. The Morgan fingerprint density at radius 2 is 2.29 bits per heavy atom. The van der Waals surface area contributed by atoms with Gasteiger partial charge in [-0.3, -0.25) is 0 Å². The largest absolute Gasteiger partial charge is 0.634 e. The smallest absolute Gasteiger partial charge is 0.100 e. The summed E-state index contributed by atoms with van der Waals surface area (Å²) in [6.45, 7) is 2.64. The van der Waals surface area contributed by atoms with Crippen LogP contribution in [0.3, 0.4) is 0 Å². The fourth-order valence-corrected chi connectivity index (χ4v) is 0.301. The van der Waals surface area contributed by atoms with Gasteiger partial charge in [0.2, 0.25) is 0 Å². The summed E-state index contributed by atoms with van der Waals surface area (Å²) in [6, 6.07) is 0. The van der Waals surface area contributed by atoms with Crippen molar-refractivity contribution in [3.05, 3.63) is 5.21 Å². The monoisotopic (exact) mass is 105 g/mol. The van der Waals surface area contributed by atoms with Crippen LogP contribution < -0.4 is 5.06 Å². The Morgan fingerprint density at radius 3 is 2.43 bits per heavy atom. The number of aliphatic hydroxyl groups excluding tert-OH is 1. The molecule has 0 aliphatic carbocycles. The maximum atomic E-state index is 10.3. The number of hydroxylamine groups is 2. The van der Waals surface area contributed by atoms with Gasteiger partial charge in [-0.2, -0.15) is 0 Å². The van der Waals surface area contributed by atoms with Gasteiger partial charge in [0.25, 0.3) is 0 Å². The van der Waals surface area contributed by atoms with Crippen molar-refractivity contribution in [2.75, 3.05) is 19.7 Å². The zero-order valence-electron chi connectivity index (χ0n) is 4.48. The van der Waals surface area contributed by atoms with Crippen LogP contribution in [-0.2, 0) is 0 Å². The molecule has 0 aromatic carbocycles. The Labute approximate surface area is 43.1 Å². The van der Waals surface area contributed by atoms with Gasteiger partial charge in [-0.25, -0.2) is 0 Å². The maximum Gasteiger partial charge on any atom is 0.100 e. The van der Waals surface area contributed by atoms with Crippen molar-refractivity contribution in [2.24, 2.45) is 0 Å². The molecule has 0 saturated carbocycles.